The van der Waals surface area contributed by atoms with Gasteiger partial charge < -0.3 is 16.0 Å². The molecule has 102 valence electrons. The molecule has 5 nitrogen and oxygen atoms in total. The molecule has 3 N–H and O–H groups in total. The van der Waals surface area contributed by atoms with Crippen LogP contribution in [0.15, 0.2) is 0 Å². The summed E-state index contributed by atoms with van der Waals surface area (Å²) >= 11 is 0. The Morgan fingerprint density at radius 3 is 3.06 bits per heavy atom. The highest BCUT2D eigenvalue weighted by Crippen LogP contribution is 2.28. The zero-order valence-corrected chi connectivity index (χ0v) is 11.0. The van der Waals surface area contributed by atoms with E-state index in [2.05, 4.69) is 12.2 Å². The fraction of sp³-hybridized carbons (Fsp3) is 0.846. The molecule has 18 heavy (non-hydrogen) atoms. The lowest BCUT2D eigenvalue weighted by Gasteiger charge is -2.37. The van der Waals surface area contributed by atoms with Crippen molar-refractivity contribution in [2.24, 2.45) is 17.6 Å². The van der Waals surface area contributed by atoms with Gasteiger partial charge in [-0.3, -0.25) is 9.59 Å². The van der Waals surface area contributed by atoms with Crippen LogP contribution in [-0.4, -0.2) is 42.4 Å². The van der Waals surface area contributed by atoms with Crippen molar-refractivity contribution in [1.82, 2.24) is 10.2 Å². The van der Waals surface area contributed by atoms with E-state index in [0.717, 1.165) is 32.2 Å². The summed E-state index contributed by atoms with van der Waals surface area (Å²) in [5.41, 5.74) is 5.70. The predicted molar refractivity (Wildman–Crippen MR) is 68.7 cm³/mol. The average Bonchev–Trinajstić information content (AvgIpc) is 2.77. The van der Waals surface area contributed by atoms with Gasteiger partial charge in [0.25, 0.3) is 0 Å². The van der Waals surface area contributed by atoms with Crippen molar-refractivity contribution >= 4 is 11.8 Å². The van der Waals surface area contributed by atoms with Gasteiger partial charge in [-0.15, -0.1) is 0 Å². The molecule has 0 aromatic heterocycles. The molecule has 0 saturated carbocycles. The smallest absolute Gasteiger partial charge is 0.227 e. The first kappa shape index (κ1) is 13.3. The third-order valence-corrected chi connectivity index (χ3v) is 4.16. The molecule has 2 heterocycles. The predicted octanol–water partition coefficient (Wildman–Crippen LogP) is 0.0984. The summed E-state index contributed by atoms with van der Waals surface area (Å²) in [5.74, 6) is 0.176. The van der Waals surface area contributed by atoms with Gasteiger partial charge in [-0.2, -0.15) is 0 Å². The number of nitrogens with zero attached hydrogens (tertiary/aromatic N) is 1. The Morgan fingerprint density at radius 2 is 2.39 bits per heavy atom. The number of nitrogens with two attached hydrogens (primary N) is 1. The Labute approximate surface area is 108 Å². The minimum atomic E-state index is -0.0792. The second-order valence-corrected chi connectivity index (χ2v) is 5.31. The summed E-state index contributed by atoms with van der Waals surface area (Å²) in [5, 5.41) is 2.87. The summed E-state index contributed by atoms with van der Waals surface area (Å²) in [4.78, 5) is 26.0. The maximum atomic E-state index is 12.5. The highest BCUT2D eigenvalue weighted by Gasteiger charge is 2.43. The van der Waals surface area contributed by atoms with Crippen molar-refractivity contribution in [3.63, 3.8) is 0 Å². The van der Waals surface area contributed by atoms with Crippen LogP contribution in [0.25, 0.3) is 0 Å². The second-order valence-electron chi connectivity index (χ2n) is 5.31. The lowest BCUT2D eigenvalue weighted by Crippen LogP contribution is -2.51. The van der Waals surface area contributed by atoms with E-state index in [9.17, 15) is 9.59 Å². The van der Waals surface area contributed by atoms with E-state index in [1.807, 2.05) is 4.90 Å². The monoisotopic (exact) mass is 253 g/mol. The maximum Gasteiger partial charge on any atom is 0.227 e. The van der Waals surface area contributed by atoms with Crippen LogP contribution in [0, 0.1) is 11.8 Å². The molecule has 0 radical (unpaired) electrons. The lowest BCUT2D eigenvalue weighted by molar-refractivity contribution is -0.140. The number of carbonyl (C=O) groups excluding carboxylic acids is 2. The molecule has 2 aliphatic rings. The number of hydrogen-bond acceptors (Lipinski definition) is 3. The Balaban J connectivity index is 2.07. The summed E-state index contributed by atoms with van der Waals surface area (Å²) in [7, 11) is 0. The molecule has 2 saturated heterocycles. The van der Waals surface area contributed by atoms with Gasteiger partial charge in [0.1, 0.15) is 0 Å². The SMILES string of the molecule is CCCC(CN)C(=O)N1CCCC2C(=O)NCC21. The molecule has 0 aromatic rings. The molecule has 2 amide bonds. The Morgan fingerprint density at radius 1 is 1.61 bits per heavy atom. The van der Waals surface area contributed by atoms with E-state index in [0.29, 0.717) is 13.1 Å². The van der Waals surface area contributed by atoms with Crippen molar-refractivity contribution in [3.05, 3.63) is 0 Å². The van der Waals surface area contributed by atoms with E-state index < -0.39 is 0 Å². The number of piperidine rings is 1. The zero-order valence-electron chi connectivity index (χ0n) is 11.0. The third kappa shape index (κ3) is 2.36. The maximum absolute atomic E-state index is 12.5. The summed E-state index contributed by atoms with van der Waals surface area (Å²) in [6.45, 7) is 3.85. The summed E-state index contributed by atoms with van der Waals surface area (Å²) in [6.07, 6.45) is 3.63. The van der Waals surface area contributed by atoms with Crippen molar-refractivity contribution in [2.45, 2.75) is 38.6 Å². The van der Waals surface area contributed by atoms with Crippen molar-refractivity contribution in [1.29, 1.82) is 0 Å². The Kier molecular flexibility index (Phi) is 4.22. The topological polar surface area (TPSA) is 75.4 Å². The number of amides is 2. The number of nitrogens with one attached hydrogen (secondary N) is 1. The highest BCUT2D eigenvalue weighted by molar-refractivity contribution is 5.85. The lowest BCUT2D eigenvalue weighted by atomic mass is 9.89. The molecule has 0 bridgehead atoms. The van der Waals surface area contributed by atoms with Crippen molar-refractivity contribution in [3.8, 4) is 0 Å². The number of fused-ring (bicyclic) bond motifs is 1. The van der Waals surface area contributed by atoms with E-state index in [-0.39, 0.29) is 29.7 Å². The van der Waals surface area contributed by atoms with Crippen LogP contribution in [0.5, 0.6) is 0 Å². The Hall–Kier alpha value is -1.10. The third-order valence-electron chi connectivity index (χ3n) is 4.16. The molecule has 2 fully saturated rings. The van der Waals surface area contributed by atoms with E-state index in [1.165, 1.54) is 0 Å². The van der Waals surface area contributed by atoms with Crippen molar-refractivity contribution < 1.29 is 9.59 Å². The van der Waals surface area contributed by atoms with Crippen LogP contribution in [0.1, 0.15) is 32.6 Å². The van der Waals surface area contributed by atoms with Crippen LogP contribution in [0.3, 0.4) is 0 Å². The zero-order chi connectivity index (χ0) is 13.1. The number of rotatable bonds is 4. The first-order valence-electron chi connectivity index (χ1n) is 6.97. The summed E-state index contributed by atoms with van der Waals surface area (Å²) in [6, 6.07) is 0.0599. The molecule has 0 aliphatic carbocycles. The molecule has 0 aromatic carbocycles. The first-order chi connectivity index (χ1) is 8.69. The van der Waals surface area contributed by atoms with Gasteiger partial charge in [-0.05, 0) is 19.3 Å². The Bertz CT molecular complexity index is 332. The van der Waals surface area contributed by atoms with E-state index in [4.69, 9.17) is 5.73 Å². The second kappa shape index (κ2) is 5.69. The van der Waals surface area contributed by atoms with Gasteiger partial charge in [0.15, 0.2) is 0 Å². The molecule has 3 atom stereocenters. The average molecular weight is 253 g/mol. The first-order valence-corrected chi connectivity index (χ1v) is 6.97. The minimum Gasteiger partial charge on any atom is -0.354 e. The van der Waals surface area contributed by atoms with Gasteiger partial charge in [0.05, 0.1) is 17.9 Å². The number of carbonyl (C=O) groups is 2. The van der Waals surface area contributed by atoms with E-state index >= 15 is 0 Å². The van der Waals surface area contributed by atoms with Crippen LogP contribution >= 0.6 is 0 Å². The molecule has 2 rings (SSSR count). The molecule has 2 aliphatic heterocycles. The number of likely N-dealkylation sites (tertiary alicyclic amines) is 1. The van der Waals surface area contributed by atoms with Gasteiger partial charge in [0, 0.05) is 19.6 Å². The molecular weight excluding hydrogens is 230 g/mol. The van der Waals surface area contributed by atoms with Gasteiger partial charge >= 0.3 is 0 Å². The highest BCUT2D eigenvalue weighted by atomic mass is 16.2. The van der Waals surface area contributed by atoms with Gasteiger partial charge in [-0.25, -0.2) is 0 Å². The normalized spacial score (nSPS) is 28.8. The number of hydrogen-bond donors (Lipinski definition) is 2. The molecular formula is C13H23N3O2. The quantitative estimate of drug-likeness (QED) is 0.746. The summed E-state index contributed by atoms with van der Waals surface area (Å²) < 4.78 is 0. The van der Waals surface area contributed by atoms with E-state index in [1.54, 1.807) is 0 Å². The van der Waals surface area contributed by atoms with Gasteiger partial charge in [-0.1, -0.05) is 13.3 Å². The fourth-order valence-electron chi connectivity index (χ4n) is 3.15. The standard InChI is InChI=1S/C13H23N3O2/c1-2-4-9(7-14)13(18)16-6-3-5-10-11(16)8-15-12(10)17/h9-11H,2-8,14H2,1H3,(H,15,17). The molecule has 5 heteroatoms. The molecule has 3 unspecified atom stereocenters. The van der Waals surface area contributed by atoms with Crippen LogP contribution < -0.4 is 11.1 Å². The molecule has 0 spiro atoms. The largest absolute Gasteiger partial charge is 0.354 e. The fourth-order valence-corrected chi connectivity index (χ4v) is 3.15. The van der Waals surface area contributed by atoms with Gasteiger partial charge in [0.2, 0.25) is 11.8 Å². The van der Waals surface area contributed by atoms with Crippen LogP contribution in [-0.2, 0) is 9.59 Å². The minimum absolute atomic E-state index is 0.00255. The van der Waals surface area contributed by atoms with Crippen molar-refractivity contribution in [2.75, 3.05) is 19.6 Å². The van der Waals surface area contributed by atoms with Crippen LogP contribution in [0.4, 0.5) is 0 Å². The van der Waals surface area contributed by atoms with Crippen LogP contribution in [0.2, 0.25) is 0 Å².